The molecule has 0 aromatic heterocycles. The largest absolute Gasteiger partial charge is 1.00 e. The number of carbonyl (C=O) groups excluding carboxylic acids is 1. The zero-order valence-corrected chi connectivity index (χ0v) is 6.63. The average Bonchev–Trinajstić information content (AvgIpc) is 1.65. The molecule has 4 nitrogen and oxygen atoms in total. The van der Waals surface area contributed by atoms with E-state index in [1.807, 2.05) is 0 Å². The predicted molar refractivity (Wildman–Crippen MR) is 20.1 cm³/mol. The van der Waals surface area contributed by atoms with E-state index in [4.69, 9.17) is 10.8 Å². The molecule has 0 unspecified atom stereocenters. The summed E-state index contributed by atoms with van der Waals surface area (Å²) in [6, 6.07) is -1.24. The summed E-state index contributed by atoms with van der Waals surface area (Å²) in [5, 5.41) is 17.5. The van der Waals surface area contributed by atoms with E-state index in [0.29, 0.717) is 0 Å². The Bertz CT molecular complexity index is 76.9. The second-order valence-electron chi connectivity index (χ2n) is 1.11. The minimum Gasteiger partial charge on any atom is -0.548 e. The smallest absolute Gasteiger partial charge is 0.548 e. The molecule has 3 N–H and O–H groups in total. The van der Waals surface area contributed by atoms with Crippen LogP contribution >= 0.6 is 0 Å². The molecule has 5 heteroatoms. The summed E-state index contributed by atoms with van der Waals surface area (Å²) in [4.78, 5) is 9.53. The number of rotatable bonds is 2. The number of carboxylic acid groups (broad SMARTS) is 1. The Morgan fingerprint density at radius 2 is 2.25 bits per heavy atom. The SMILES string of the molecule is N[C@@H](CO)C(=O)[O-].[Na+]. The minimum absolute atomic E-state index is 0. The first-order chi connectivity index (χ1) is 3.18. The number of hydrogen-bond donors (Lipinski definition) is 2. The van der Waals surface area contributed by atoms with Crippen molar-refractivity contribution in [2.24, 2.45) is 5.73 Å². The molecule has 0 heterocycles. The van der Waals surface area contributed by atoms with Crippen LogP contribution in [0.15, 0.2) is 0 Å². The van der Waals surface area contributed by atoms with Crippen LogP contribution in [0.3, 0.4) is 0 Å². The molecule has 0 radical (unpaired) electrons. The second kappa shape index (κ2) is 5.53. The zero-order valence-electron chi connectivity index (χ0n) is 4.63. The van der Waals surface area contributed by atoms with Crippen molar-refractivity contribution >= 4 is 5.97 Å². The summed E-state index contributed by atoms with van der Waals surface area (Å²) in [5.74, 6) is -1.43. The fourth-order valence-electron chi connectivity index (χ4n) is 0.0745. The van der Waals surface area contributed by atoms with Gasteiger partial charge in [-0.2, -0.15) is 0 Å². The Morgan fingerprint density at radius 3 is 2.25 bits per heavy atom. The van der Waals surface area contributed by atoms with Crippen molar-refractivity contribution in [1.29, 1.82) is 0 Å². The first-order valence-corrected chi connectivity index (χ1v) is 1.75. The molecule has 0 rings (SSSR count). The van der Waals surface area contributed by atoms with Crippen LogP contribution in [0, 0.1) is 0 Å². The molecule has 1 atom stereocenters. The molecular formula is C3H6NNaO3. The van der Waals surface area contributed by atoms with Gasteiger partial charge in [0.1, 0.15) is 0 Å². The molecule has 0 bridgehead atoms. The molecule has 0 aromatic rings. The van der Waals surface area contributed by atoms with Crippen molar-refractivity contribution in [2.75, 3.05) is 6.61 Å². The van der Waals surface area contributed by atoms with E-state index < -0.39 is 18.6 Å². The number of aliphatic carboxylic acids is 1. The van der Waals surface area contributed by atoms with Gasteiger partial charge in [-0.05, 0) is 0 Å². The van der Waals surface area contributed by atoms with Crippen LogP contribution in [-0.2, 0) is 4.79 Å². The number of nitrogens with two attached hydrogens (primary N) is 1. The molecule has 42 valence electrons. The molecule has 8 heavy (non-hydrogen) atoms. The molecule has 0 amide bonds. The van der Waals surface area contributed by atoms with Crippen molar-refractivity contribution in [1.82, 2.24) is 0 Å². The van der Waals surface area contributed by atoms with Gasteiger partial charge >= 0.3 is 29.6 Å². The monoisotopic (exact) mass is 127 g/mol. The fraction of sp³-hybridized carbons (Fsp3) is 0.667. The third kappa shape index (κ3) is 4.55. The number of carboxylic acids is 1. The summed E-state index contributed by atoms with van der Waals surface area (Å²) in [7, 11) is 0. The van der Waals surface area contributed by atoms with Gasteiger partial charge in [0.15, 0.2) is 0 Å². The van der Waals surface area contributed by atoms with Gasteiger partial charge < -0.3 is 20.7 Å². The van der Waals surface area contributed by atoms with Gasteiger partial charge in [0, 0.05) is 0 Å². The average molecular weight is 127 g/mol. The quantitative estimate of drug-likeness (QED) is 0.361. The van der Waals surface area contributed by atoms with E-state index in [-0.39, 0.29) is 29.6 Å². The van der Waals surface area contributed by atoms with Crippen molar-refractivity contribution < 1.29 is 44.6 Å². The first-order valence-electron chi connectivity index (χ1n) is 1.75. The van der Waals surface area contributed by atoms with Gasteiger partial charge in [0.05, 0.1) is 18.6 Å². The van der Waals surface area contributed by atoms with E-state index in [9.17, 15) is 9.90 Å². The van der Waals surface area contributed by atoms with Crippen LogP contribution < -0.4 is 40.4 Å². The van der Waals surface area contributed by atoms with E-state index in [1.165, 1.54) is 0 Å². The van der Waals surface area contributed by atoms with Crippen LogP contribution in [0.5, 0.6) is 0 Å². The Balaban J connectivity index is 0. The summed E-state index contributed by atoms with van der Waals surface area (Å²) in [6.45, 7) is -0.567. The summed E-state index contributed by atoms with van der Waals surface area (Å²) in [6.07, 6.45) is 0. The van der Waals surface area contributed by atoms with Gasteiger partial charge in [-0.15, -0.1) is 0 Å². The van der Waals surface area contributed by atoms with E-state index >= 15 is 0 Å². The van der Waals surface area contributed by atoms with Crippen molar-refractivity contribution in [2.45, 2.75) is 6.04 Å². The predicted octanol–water partition coefficient (Wildman–Crippen LogP) is -5.94. The topological polar surface area (TPSA) is 86.4 Å². The Hall–Kier alpha value is 0.390. The third-order valence-corrected chi connectivity index (χ3v) is 0.499. The van der Waals surface area contributed by atoms with Crippen molar-refractivity contribution in [3.8, 4) is 0 Å². The van der Waals surface area contributed by atoms with Crippen LogP contribution in [0.1, 0.15) is 0 Å². The molecule has 0 spiro atoms. The van der Waals surface area contributed by atoms with Crippen LogP contribution in [0.2, 0.25) is 0 Å². The van der Waals surface area contributed by atoms with Crippen LogP contribution in [0.4, 0.5) is 0 Å². The minimum atomic E-state index is -1.43. The maximum atomic E-state index is 9.53. The van der Waals surface area contributed by atoms with Crippen molar-refractivity contribution in [3.63, 3.8) is 0 Å². The summed E-state index contributed by atoms with van der Waals surface area (Å²) >= 11 is 0. The number of aliphatic hydroxyl groups is 1. The van der Waals surface area contributed by atoms with Gasteiger partial charge in [-0.1, -0.05) is 0 Å². The van der Waals surface area contributed by atoms with E-state index in [2.05, 4.69) is 0 Å². The second-order valence-corrected chi connectivity index (χ2v) is 1.11. The fourth-order valence-corrected chi connectivity index (χ4v) is 0.0745. The zero-order chi connectivity index (χ0) is 5.86. The van der Waals surface area contributed by atoms with E-state index in [0.717, 1.165) is 0 Å². The normalized spacial score (nSPS) is 11.8. The van der Waals surface area contributed by atoms with Gasteiger partial charge in [0.25, 0.3) is 0 Å². The first kappa shape index (κ1) is 11.2. The molecule has 0 saturated carbocycles. The molecular weight excluding hydrogens is 121 g/mol. The number of hydrogen-bond acceptors (Lipinski definition) is 4. The number of aliphatic hydroxyl groups excluding tert-OH is 1. The maximum absolute atomic E-state index is 9.53. The third-order valence-electron chi connectivity index (χ3n) is 0.499. The number of carbonyl (C=O) groups is 1. The van der Waals surface area contributed by atoms with Crippen LogP contribution in [-0.4, -0.2) is 23.7 Å². The Morgan fingerprint density at radius 1 is 1.88 bits per heavy atom. The van der Waals surface area contributed by atoms with Crippen molar-refractivity contribution in [3.05, 3.63) is 0 Å². The van der Waals surface area contributed by atoms with E-state index in [1.54, 1.807) is 0 Å². The maximum Gasteiger partial charge on any atom is 1.00 e. The molecule has 0 aliphatic heterocycles. The molecule has 0 saturated heterocycles. The standard InChI is InChI=1S/C3H7NO3.Na/c4-2(1-5)3(6)7;/h2,5H,1,4H2,(H,6,7);/q;+1/p-1/t2-;/m0./s1. The molecule has 0 aliphatic rings. The van der Waals surface area contributed by atoms with Gasteiger partial charge in [-0.25, -0.2) is 0 Å². The van der Waals surface area contributed by atoms with Gasteiger partial charge in [0.2, 0.25) is 0 Å². The Kier molecular flexibility index (Phi) is 7.75. The van der Waals surface area contributed by atoms with Gasteiger partial charge in [-0.3, -0.25) is 0 Å². The Labute approximate surface area is 69.0 Å². The summed E-state index contributed by atoms with van der Waals surface area (Å²) in [5.41, 5.74) is 4.70. The molecule has 0 fully saturated rings. The molecule has 0 aromatic carbocycles. The summed E-state index contributed by atoms with van der Waals surface area (Å²) < 4.78 is 0. The molecule has 0 aliphatic carbocycles. The van der Waals surface area contributed by atoms with Crippen LogP contribution in [0.25, 0.3) is 0 Å².